The second kappa shape index (κ2) is 6.33. The number of nitroso groups, excluding NO2 is 1. The van der Waals surface area contributed by atoms with Gasteiger partial charge in [-0.25, -0.2) is 8.96 Å². The molecule has 7 nitrogen and oxygen atoms in total. The highest BCUT2D eigenvalue weighted by molar-refractivity contribution is 7.87. The van der Waals surface area contributed by atoms with Crippen LogP contribution in [0.4, 0.5) is 0 Å². The number of rotatable bonds is 5. The van der Waals surface area contributed by atoms with Gasteiger partial charge in [0.2, 0.25) is 0 Å². The van der Waals surface area contributed by atoms with Crippen molar-refractivity contribution in [1.82, 2.24) is 13.3 Å². The Labute approximate surface area is 137 Å². The van der Waals surface area contributed by atoms with Crippen LogP contribution < -0.4 is 0 Å². The molecule has 0 aliphatic heterocycles. The molecule has 1 aromatic heterocycles. The van der Waals surface area contributed by atoms with Crippen LogP contribution in [0.15, 0.2) is 29.6 Å². The van der Waals surface area contributed by atoms with Gasteiger partial charge in [0.25, 0.3) is 0 Å². The third-order valence-corrected chi connectivity index (χ3v) is 5.15. The highest BCUT2D eigenvalue weighted by Gasteiger charge is 2.23. The van der Waals surface area contributed by atoms with E-state index in [-0.39, 0.29) is 12.4 Å². The molecule has 0 saturated carbocycles. The Balaban J connectivity index is 2.63. The van der Waals surface area contributed by atoms with Crippen LogP contribution in [0.25, 0.3) is 11.3 Å². The van der Waals surface area contributed by atoms with Crippen molar-refractivity contribution in [3.05, 3.63) is 45.2 Å². The molecule has 1 heterocycles. The lowest BCUT2D eigenvalue weighted by atomic mass is 10.2. The second-order valence-corrected chi connectivity index (χ2v) is 7.40. The van der Waals surface area contributed by atoms with Crippen LogP contribution in [0.1, 0.15) is 5.82 Å². The van der Waals surface area contributed by atoms with Crippen molar-refractivity contribution >= 4 is 33.4 Å². The zero-order chi connectivity index (χ0) is 16.5. The predicted octanol–water partition coefficient (Wildman–Crippen LogP) is 2.78. The fourth-order valence-electron chi connectivity index (χ4n) is 1.77. The lowest BCUT2D eigenvalue weighted by molar-refractivity contribution is 0.508. The maximum atomic E-state index is 12.3. The van der Waals surface area contributed by atoms with Gasteiger partial charge >= 0.3 is 10.2 Å². The van der Waals surface area contributed by atoms with E-state index < -0.39 is 10.2 Å². The number of hydrogen-bond acceptors (Lipinski definition) is 5. The molecular formula is C12H12Cl2N4O3S. The van der Waals surface area contributed by atoms with Crippen molar-refractivity contribution in [3.63, 3.8) is 0 Å². The van der Waals surface area contributed by atoms with E-state index in [1.54, 1.807) is 12.1 Å². The molecule has 0 atom stereocenters. The van der Waals surface area contributed by atoms with Gasteiger partial charge in [0, 0.05) is 30.9 Å². The van der Waals surface area contributed by atoms with Gasteiger partial charge in [0.1, 0.15) is 12.4 Å². The monoisotopic (exact) mass is 362 g/mol. The number of nitrogens with zero attached hydrogens (tertiary/aromatic N) is 4. The minimum absolute atomic E-state index is 0.00437. The molecule has 0 aliphatic rings. The quantitative estimate of drug-likeness (QED) is 0.765. The molecule has 0 fully saturated rings. The molecule has 0 bridgehead atoms. The third kappa shape index (κ3) is 3.14. The maximum absolute atomic E-state index is 12.3. The summed E-state index contributed by atoms with van der Waals surface area (Å²) in [5.74, 6) is 0.00437. The van der Waals surface area contributed by atoms with Crippen LogP contribution in [0.3, 0.4) is 0 Å². The Bertz CT molecular complexity index is 818. The van der Waals surface area contributed by atoms with Crippen LogP contribution in [0, 0.1) is 4.91 Å². The van der Waals surface area contributed by atoms with Gasteiger partial charge in [-0.05, 0) is 18.2 Å². The van der Waals surface area contributed by atoms with Crippen LogP contribution in [-0.4, -0.2) is 35.8 Å². The summed E-state index contributed by atoms with van der Waals surface area (Å²) in [6.07, 6.45) is 1.30. The molecular weight excluding hydrogens is 351 g/mol. The molecule has 118 valence electrons. The van der Waals surface area contributed by atoms with E-state index >= 15 is 0 Å². The molecule has 0 aliphatic carbocycles. The summed E-state index contributed by atoms with van der Waals surface area (Å²) in [5, 5.41) is 3.48. The first kappa shape index (κ1) is 16.9. The summed E-state index contributed by atoms with van der Waals surface area (Å²) >= 11 is 11.9. The Hall–Kier alpha value is -1.48. The highest BCUT2D eigenvalue weighted by atomic mass is 35.5. The summed E-state index contributed by atoms with van der Waals surface area (Å²) in [5.41, 5.74) is 0.816. The number of imidazole rings is 1. The summed E-state index contributed by atoms with van der Waals surface area (Å²) in [6.45, 7) is -0.377. The number of benzene rings is 1. The zero-order valence-corrected chi connectivity index (χ0v) is 14.0. The summed E-state index contributed by atoms with van der Waals surface area (Å²) < 4.78 is 26.4. The van der Waals surface area contributed by atoms with E-state index in [1.165, 1.54) is 26.4 Å². The fourth-order valence-corrected chi connectivity index (χ4v) is 3.22. The average Bonchev–Trinajstić information content (AvgIpc) is 2.83. The van der Waals surface area contributed by atoms with Crippen molar-refractivity contribution in [3.8, 4) is 11.3 Å². The van der Waals surface area contributed by atoms with Crippen LogP contribution in [0.5, 0.6) is 0 Å². The van der Waals surface area contributed by atoms with Crippen LogP contribution in [-0.2, 0) is 16.8 Å². The van der Waals surface area contributed by atoms with E-state index in [1.807, 2.05) is 0 Å². The Morgan fingerprint density at radius 2 is 2.00 bits per heavy atom. The fraction of sp³-hybridized carbons (Fsp3) is 0.250. The van der Waals surface area contributed by atoms with E-state index in [0.717, 1.165) is 8.28 Å². The summed E-state index contributed by atoms with van der Waals surface area (Å²) in [7, 11) is -1.06. The molecule has 0 radical (unpaired) electrons. The highest BCUT2D eigenvalue weighted by Crippen LogP contribution is 2.30. The largest absolute Gasteiger partial charge is 0.308 e. The van der Waals surface area contributed by atoms with Gasteiger partial charge < -0.3 is 0 Å². The van der Waals surface area contributed by atoms with Gasteiger partial charge in [0.05, 0.1) is 10.7 Å². The summed E-state index contributed by atoms with van der Waals surface area (Å²) in [4.78, 5) is 14.7. The van der Waals surface area contributed by atoms with Crippen molar-refractivity contribution in [2.45, 2.75) is 6.54 Å². The lowest BCUT2D eigenvalue weighted by Crippen LogP contribution is -2.29. The predicted molar refractivity (Wildman–Crippen MR) is 85.2 cm³/mol. The Kier molecular flexibility index (Phi) is 4.86. The molecule has 0 amide bonds. The van der Waals surface area contributed by atoms with Crippen molar-refractivity contribution in [2.75, 3.05) is 14.1 Å². The van der Waals surface area contributed by atoms with Gasteiger partial charge in [-0.2, -0.15) is 17.6 Å². The molecule has 2 rings (SSSR count). The smallest absolute Gasteiger partial charge is 0.230 e. The first-order valence-corrected chi connectivity index (χ1v) is 8.18. The standard InChI is InChI=1S/C12H12Cl2N4O3S/c1-17(2)22(20,21)18-7-11(16-12(18)6-15-19)9-4-3-8(13)5-10(9)14/h3-5,7H,6H2,1-2H3. The SMILES string of the molecule is CN(C)S(=O)(=O)n1cc(-c2ccc(Cl)cc2Cl)nc1CN=O. The van der Waals surface area contributed by atoms with Gasteiger partial charge in [0.15, 0.2) is 0 Å². The molecule has 2 aromatic rings. The second-order valence-electron chi connectivity index (χ2n) is 4.54. The normalized spacial score (nSPS) is 11.9. The van der Waals surface area contributed by atoms with Gasteiger partial charge in [-0.15, -0.1) is 0 Å². The maximum Gasteiger partial charge on any atom is 0.308 e. The molecule has 10 heteroatoms. The summed E-state index contributed by atoms with van der Waals surface area (Å²) in [6, 6.07) is 4.76. The lowest BCUT2D eigenvalue weighted by Gasteiger charge is -2.12. The molecule has 0 saturated heterocycles. The molecule has 1 aromatic carbocycles. The van der Waals surface area contributed by atoms with E-state index in [0.29, 0.717) is 21.3 Å². The number of halogens is 2. The van der Waals surface area contributed by atoms with E-state index in [9.17, 15) is 13.3 Å². The van der Waals surface area contributed by atoms with Crippen molar-refractivity contribution in [2.24, 2.45) is 5.18 Å². The van der Waals surface area contributed by atoms with E-state index in [4.69, 9.17) is 23.2 Å². The first-order valence-electron chi connectivity index (χ1n) is 6.03. The molecule has 22 heavy (non-hydrogen) atoms. The number of aromatic nitrogens is 2. The van der Waals surface area contributed by atoms with Crippen LogP contribution >= 0.6 is 23.2 Å². The topological polar surface area (TPSA) is 84.6 Å². The van der Waals surface area contributed by atoms with Gasteiger partial charge in [-0.3, -0.25) is 0 Å². The number of hydrogen-bond donors (Lipinski definition) is 0. The molecule has 0 N–H and O–H groups in total. The average molecular weight is 363 g/mol. The molecule has 0 spiro atoms. The Morgan fingerprint density at radius 1 is 1.32 bits per heavy atom. The zero-order valence-electron chi connectivity index (χ0n) is 11.7. The Morgan fingerprint density at radius 3 is 2.55 bits per heavy atom. The molecule has 0 unspecified atom stereocenters. The first-order chi connectivity index (χ1) is 10.3. The van der Waals surface area contributed by atoms with Gasteiger partial charge in [-0.1, -0.05) is 28.4 Å². The third-order valence-electron chi connectivity index (χ3n) is 2.87. The van der Waals surface area contributed by atoms with Crippen molar-refractivity contribution < 1.29 is 8.42 Å². The van der Waals surface area contributed by atoms with E-state index in [2.05, 4.69) is 10.2 Å². The minimum Gasteiger partial charge on any atom is -0.230 e. The van der Waals surface area contributed by atoms with Crippen molar-refractivity contribution in [1.29, 1.82) is 0 Å². The van der Waals surface area contributed by atoms with Crippen LogP contribution in [0.2, 0.25) is 10.0 Å². The minimum atomic E-state index is -3.82.